The van der Waals surface area contributed by atoms with E-state index < -0.39 is 11.7 Å². The normalized spacial score (nSPS) is 12.6. The largest absolute Gasteiger partial charge is 0.418 e. The highest BCUT2D eigenvalue weighted by molar-refractivity contribution is 6.30. The van der Waals surface area contributed by atoms with Crippen LogP contribution in [0.2, 0.25) is 5.02 Å². The smallest absolute Gasteiger partial charge is 0.253 e. The second-order valence-electron chi connectivity index (χ2n) is 4.22. The molecule has 0 radical (unpaired) electrons. The van der Waals surface area contributed by atoms with Crippen LogP contribution >= 0.6 is 11.6 Å². The molecule has 0 fully saturated rings. The molecule has 0 heterocycles. The molecule has 0 bridgehead atoms. The minimum atomic E-state index is -4.42. The second-order valence-corrected chi connectivity index (χ2v) is 4.66. The van der Waals surface area contributed by atoms with Gasteiger partial charge in [-0.15, -0.1) is 0 Å². The molecule has 0 aliphatic carbocycles. The summed E-state index contributed by atoms with van der Waals surface area (Å²) < 4.78 is 38.6. The lowest BCUT2D eigenvalue weighted by molar-refractivity contribution is -0.137. The Bertz CT molecular complexity index is 630. The van der Waals surface area contributed by atoms with Crippen LogP contribution in [0.25, 0.3) is 0 Å². The van der Waals surface area contributed by atoms with E-state index in [4.69, 9.17) is 11.6 Å². The fraction of sp³-hybridized carbons (Fsp3) is 0.133. The van der Waals surface area contributed by atoms with Crippen molar-refractivity contribution in [3.63, 3.8) is 0 Å². The number of nitrogens with zero attached hydrogens (tertiary/aromatic N) is 1. The second kappa shape index (κ2) is 5.67. The van der Waals surface area contributed by atoms with Gasteiger partial charge in [0.05, 0.1) is 11.3 Å². The highest BCUT2D eigenvalue weighted by Gasteiger charge is 2.33. The van der Waals surface area contributed by atoms with E-state index in [-0.39, 0.29) is 5.69 Å². The molecule has 0 unspecified atom stereocenters. The molecule has 0 amide bonds. The van der Waals surface area contributed by atoms with Crippen LogP contribution in [0.3, 0.4) is 0 Å². The molecule has 2 aromatic carbocycles. The Morgan fingerprint density at radius 3 is 2.20 bits per heavy atom. The zero-order valence-electron chi connectivity index (χ0n) is 10.6. The molecule has 20 heavy (non-hydrogen) atoms. The van der Waals surface area contributed by atoms with Gasteiger partial charge in [0.15, 0.2) is 0 Å². The number of rotatable bonds is 2. The fourth-order valence-corrected chi connectivity index (χ4v) is 1.87. The molecule has 0 N–H and O–H groups in total. The first-order valence-corrected chi connectivity index (χ1v) is 6.23. The summed E-state index contributed by atoms with van der Waals surface area (Å²) in [5.41, 5.74) is 0.394. The van der Waals surface area contributed by atoms with Crippen molar-refractivity contribution in [1.82, 2.24) is 0 Å². The van der Waals surface area contributed by atoms with Crippen molar-refractivity contribution >= 4 is 23.0 Å². The minimum absolute atomic E-state index is 0.0903. The average molecular weight is 298 g/mol. The van der Waals surface area contributed by atoms with Gasteiger partial charge >= 0.3 is 6.18 Å². The zero-order chi connectivity index (χ0) is 14.8. The first kappa shape index (κ1) is 14.6. The Morgan fingerprint density at radius 2 is 1.60 bits per heavy atom. The van der Waals surface area contributed by atoms with E-state index in [0.29, 0.717) is 10.7 Å². The van der Waals surface area contributed by atoms with Gasteiger partial charge < -0.3 is 0 Å². The number of alkyl halides is 3. The van der Waals surface area contributed by atoms with Gasteiger partial charge in [-0.25, -0.2) is 0 Å². The van der Waals surface area contributed by atoms with Crippen molar-refractivity contribution in [3.05, 3.63) is 64.7 Å². The molecule has 0 aliphatic heterocycles. The predicted octanol–water partition coefficient (Wildman–Crippen LogP) is 5.50. The highest BCUT2D eigenvalue weighted by Crippen LogP contribution is 2.36. The summed E-state index contributed by atoms with van der Waals surface area (Å²) in [6.07, 6.45) is -4.42. The first-order valence-electron chi connectivity index (χ1n) is 5.85. The van der Waals surface area contributed by atoms with Crippen molar-refractivity contribution in [3.8, 4) is 0 Å². The highest BCUT2D eigenvalue weighted by atomic mass is 35.5. The number of para-hydroxylation sites is 1. The van der Waals surface area contributed by atoms with Crippen molar-refractivity contribution in [2.24, 2.45) is 4.99 Å². The Balaban J connectivity index is 2.43. The van der Waals surface area contributed by atoms with Crippen molar-refractivity contribution in [2.45, 2.75) is 13.1 Å². The van der Waals surface area contributed by atoms with Crippen LogP contribution in [-0.2, 0) is 6.18 Å². The van der Waals surface area contributed by atoms with Crippen LogP contribution in [0.1, 0.15) is 18.1 Å². The lowest BCUT2D eigenvalue weighted by Crippen LogP contribution is -2.05. The van der Waals surface area contributed by atoms with Crippen LogP contribution in [0.4, 0.5) is 18.9 Å². The van der Waals surface area contributed by atoms with E-state index in [1.165, 1.54) is 18.2 Å². The molecule has 2 rings (SSSR count). The van der Waals surface area contributed by atoms with Gasteiger partial charge in [-0.2, -0.15) is 13.2 Å². The standard InChI is InChI=1S/C15H11ClF3N/c1-10(11-6-8-12(16)9-7-11)20-14-5-3-2-4-13(14)15(17,18)19/h2-9H,1H3/b20-10+. The van der Waals surface area contributed by atoms with Crippen LogP contribution in [0, 0.1) is 0 Å². The number of benzene rings is 2. The molecule has 5 heteroatoms. The van der Waals surface area contributed by atoms with Gasteiger partial charge in [-0.1, -0.05) is 35.9 Å². The Hall–Kier alpha value is -1.81. The Kier molecular flexibility index (Phi) is 4.14. The molecule has 0 saturated carbocycles. The monoisotopic (exact) mass is 297 g/mol. The van der Waals surface area contributed by atoms with Gasteiger partial charge in [0.1, 0.15) is 0 Å². The summed E-state index contributed by atoms with van der Waals surface area (Å²) in [7, 11) is 0. The molecule has 0 atom stereocenters. The Morgan fingerprint density at radius 1 is 1.00 bits per heavy atom. The maximum Gasteiger partial charge on any atom is 0.418 e. The summed E-state index contributed by atoms with van der Waals surface area (Å²) in [5, 5.41) is 0.567. The summed E-state index contributed by atoms with van der Waals surface area (Å²) in [5.74, 6) is 0. The average Bonchev–Trinajstić information content (AvgIpc) is 2.38. The van der Waals surface area contributed by atoms with Gasteiger partial charge in [-0.3, -0.25) is 4.99 Å². The summed E-state index contributed by atoms with van der Waals surface area (Å²) in [4.78, 5) is 4.08. The quantitative estimate of drug-likeness (QED) is 0.649. The van der Waals surface area contributed by atoms with E-state index in [2.05, 4.69) is 4.99 Å². The number of hydrogen-bond donors (Lipinski definition) is 0. The molecular weight excluding hydrogens is 287 g/mol. The third kappa shape index (κ3) is 3.39. The SMILES string of the molecule is C/C(=N\c1ccccc1C(F)(F)F)c1ccc(Cl)cc1. The zero-order valence-corrected chi connectivity index (χ0v) is 11.3. The van der Waals surface area contributed by atoms with Gasteiger partial charge in [0.25, 0.3) is 0 Å². The molecule has 2 aromatic rings. The van der Waals surface area contributed by atoms with Crippen molar-refractivity contribution in [1.29, 1.82) is 0 Å². The molecule has 0 aromatic heterocycles. The number of aliphatic imine (C=N–C) groups is 1. The van der Waals surface area contributed by atoms with Gasteiger partial charge in [-0.05, 0) is 36.8 Å². The number of hydrogen-bond acceptors (Lipinski definition) is 1. The minimum Gasteiger partial charge on any atom is -0.253 e. The van der Waals surface area contributed by atoms with Crippen LogP contribution in [0.15, 0.2) is 53.5 Å². The summed E-state index contributed by atoms with van der Waals surface area (Å²) in [6, 6.07) is 12.0. The lowest BCUT2D eigenvalue weighted by Gasteiger charge is -2.10. The van der Waals surface area contributed by atoms with E-state index in [0.717, 1.165) is 11.6 Å². The first-order chi connectivity index (χ1) is 9.38. The van der Waals surface area contributed by atoms with Crippen molar-refractivity contribution in [2.75, 3.05) is 0 Å². The van der Waals surface area contributed by atoms with E-state index in [1.807, 2.05) is 0 Å². The third-order valence-corrected chi connectivity index (χ3v) is 3.01. The molecule has 0 saturated heterocycles. The molecule has 104 valence electrons. The number of halogens is 4. The summed E-state index contributed by atoms with van der Waals surface area (Å²) in [6.45, 7) is 1.66. The topological polar surface area (TPSA) is 12.4 Å². The lowest BCUT2D eigenvalue weighted by atomic mass is 10.1. The summed E-state index contributed by atoms with van der Waals surface area (Å²) >= 11 is 5.77. The van der Waals surface area contributed by atoms with Crippen LogP contribution < -0.4 is 0 Å². The van der Waals surface area contributed by atoms with Crippen LogP contribution in [0.5, 0.6) is 0 Å². The van der Waals surface area contributed by atoms with Gasteiger partial charge in [0.2, 0.25) is 0 Å². The van der Waals surface area contributed by atoms with E-state index in [9.17, 15) is 13.2 Å². The molecular formula is C15H11ClF3N. The van der Waals surface area contributed by atoms with Crippen LogP contribution in [-0.4, -0.2) is 5.71 Å². The third-order valence-electron chi connectivity index (χ3n) is 2.76. The van der Waals surface area contributed by atoms with E-state index in [1.54, 1.807) is 31.2 Å². The molecule has 1 nitrogen and oxygen atoms in total. The Labute approximate surface area is 119 Å². The maximum atomic E-state index is 12.9. The molecule has 0 spiro atoms. The maximum absolute atomic E-state index is 12.9. The fourth-order valence-electron chi connectivity index (χ4n) is 1.75. The predicted molar refractivity (Wildman–Crippen MR) is 74.8 cm³/mol. The van der Waals surface area contributed by atoms with Crippen molar-refractivity contribution < 1.29 is 13.2 Å². The molecule has 0 aliphatic rings. The van der Waals surface area contributed by atoms with Gasteiger partial charge in [0, 0.05) is 10.7 Å². The van der Waals surface area contributed by atoms with E-state index >= 15 is 0 Å².